The first-order valence-electron chi connectivity index (χ1n) is 8.51. The van der Waals surface area contributed by atoms with E-state index in [9.17, 15) is 13.2 Å². The largest absolute Gasteiger partial charge is 0.357 e. The molecule has 1 fully saturated rings. The number of sulfonamides is 1. The third-order valence-corrected chi connectivity index (χ3v) is 6.33. The summed E-state index contributed by atoms with van der Waals surface area (Å²) in [6, 6.07) is 13.1. The van der Waals surface area contributed by atoms with Crippen LogP contribution in [0.4, 0.5) is 0 Å². The van der Waals surface area contributed by atoms with Gasteiger partial charge in [-0.15, -0.1) is 0 Å². The minimum Gasteiger partial charge on any atom is -0.357 e. The molecule has 134 valence electrons. The SMILES string of the molecule is O=C(c1ccc[nH]1)N1CCCN(S(=O)(=O)CCc2ccccc2)CC1. The smallest absolute Gasteiger partial charge is 0.270 e. The molecule has 0 aliphatic carbocycles. The van der Waals surface area contributed by atoms with Crippen LogP contribution in [0.3, 0.4) is 0 Å². The van der Waals surface area contributed by atoms with Crippen LogP contribution in [0.1, 0.15) is 22.5 Å². The maximum Gasteiger partial charge on any atom is 0.270 e. The summed E-state index contributed by atoms with van der Waals surface area (Å²) in [4.78, 5) is 17.0. The molecule has 25 heavy (non-hydrogen) atoms. The van der Waals surface area contributed by atoms with Crippen LogP contribution >= 0.6 is 0 Å². The van der Waals surface area contributed by atoms with Gasteiger partial charge in [-0.3, -0.25) is 4.79 Å². The Kier molecular flexibility index (Phi) is 5.55. The standard InChI is InChI=1S/C18H23N3O3S/c22-18(17-8-4-10-19-17)20-11-5-12-21(14-13-20)25(23,24)15-9-16-6-2-1-3-7-16/h1-4,6-8,10,19H,5,9,11-15H2. The zero-order chi connectivity index (χ0) is 17.7. The van der Waals surface area contributed by atoms with E-state index in [4.69, 9.17) is 0 Å². The Balaban J connectivity index is 1.59. The molecular weight excluding hydrogens is 338 g/mol. The van der Waals surface area contributed by atoms with Crippen molar-refractivity contribution in [3.8, 4) is 0 Å². The number of H-pyrrole nitrogens is 1. The van der Waals surface area contributed by atoms with Gasteiger partial charge in [0.15, 0.2) is 0 Å². The quantitative estimate of drug-likeness (QED) is 0.881. The lowest BCUT2D eigenvalue weighted by molar-refractivity contribution is 0.0759. The minimum atomic E-state index is -3.32. The number of carbonyl (C=O) groups is 1. The summed E-state index contributed by atoms with van der Waals surface area (Å²) in [7, 11) is -3.32. The molecule has 1 aromatic carbocycles. The lowest BCUT2D eigenvalue weighted by Gasteiger charge is -2.21. The lowest BCUT2D eigenvalue weighted by Crippen LogP contribution is -2.38. The molecule has 0 bridgehead atoms. The van der Waals surface area contributed by atoms with Gasteiger partial charge in [0, 0.05) is 32.4 Å². The molecule has 0 radical (unpaired) electrons. The number of aromatic nitrogens is 1. The average molecular weight is 361 g/mol. The molecule has 1 amide bonds. The van der Waals surface area contributed by atoms with Crippen molar-refractivity contribution < 1.29 is 13.2 Å². The van der Waals surface area contributed by atoms with Crippen LogP contribution in [0.2, 0.25) is 0 Å². The predicted molar refractivity (Wildman–Crippen MR) is 96.8 cm³/mol. The van der Waals surface area contributed by atoms with Crippen molar-refractivity contribution in [2.45, 2.75) is 12.8 Å². The summed E-state index contributed by atoms with van der Waals surface area (Å²) in [6.45, 7) is 1.81. The van der Waals surface area contributed by atoms with Crippen LogP contribution in [-0.4, -0.2) is 60.4 Å². The summed E-state index contributed by atoms with van der Waals surface area (Å²) in [5.41, 5.74) is 1.56. The first kappa shape index (κ1) is 17.7. The number of benzene rings is 1. The van der Waals surface area contributed by atoms with E-state index >= 15 is 0 Å². The van der Waals surface area contributed by atoms with Gasteiger partial charge in [0.25, 0.3) is 5.91 Å². The fraction of sp³-hybridized carbons (Fsp3) is 0.389. The Labute approximate surface area is 148 Å². The number of aromatic amines is 1. The van der Waals surface area contributed by atoms with E-state index in [1.165, 1.54) is 4.31 Å². The molecular formula is C18H23N3O3S. The van der Waals surface area contributed by atoms with Crippen molar-refractivity contribution in [3.63, 3.8) is 0 Å². The molecule has 3 rings (SSSR count). The second-order valence-electron chi connectivity index (χ2n) is 6.18. The molecule has 2 heterocycles. The number of hydrogen-bond acceptors (Lipinski definition) is 3. The summed E-state index contributed by atoms with van der Waals surface area (Å²) < 4.78 is 26.8. The molecule has 7 heteroatoms. The van der Waals surface area contributed by atoms with Crippen molar-refractivity contribution in [1.82, 2.24) is 14.2 Å². The highest BCUT2D eigenvalue weighted by Gasteiger charge is 2.27. The maximum atomic E-state index is 12.6. The van der Waals surface area contributed by atoms with E-state index < -0.39 is 10.0 Å². The average Bonchev–Trinajstić information content (AvgIpc) is 3.04. The highest BCUT2D eigenvalue weighted by molar-refractivity contribution is 7.89. The second-order valence-corrected chi connectivity index (χ2v) is 8.27. The Morgan fingerprint density at radius 3 is 2.52 bits per heavy atom. The molecule has 1 N–H and O–H groups in total. The first-order valence-corrected chi connectivity index (χ1v) is 10.1. The number of nitrogens with zero attached hydrogens (tertiary/aromatic N) is 2. The van der Waals surface area contributed by atoms with Crippen molar-refractivity contribution in [2.75, 3.05) is 31.9 Å². The molecule has 0 spiro atoms. The van der Waals surface area contributed by atoms with Crippen LogP contribution in [0.25, 0.3) is 0 Å². The number of amides is 1. The van der Waals surface area contributed by atoms with E-state index in [2.05, 4.69) is 4.98 Å². The minimum absolute atomic E-state index is 0.0754. The monoisotopic (exact) mass is 361 g/mol. The van der Waals surface area contributed by atoms with Gasteiger partial charge in [-0.1, -0.05) is 30.3 Å². The molecule has 0 atom stereocenters. The predicted octanol–water partition coefficient (Wildman–Crippen LogP) is 1.74. The topological polar surface area (TPSA) is 73.5 Å². The Morgan fingerprint density at radius 2 is 1.80 bits per heavy atom. The fourth-order valence-electron chi connectivity index (χ4n) is 3.03. The second kappa shape index (κ2) is 7.84. The van der Waals surface area contributed by atoms with E-state index in [-0.39, 0.29) is 11.7 Å². The van der Waals surface area contributed by atoms with E-state index in [1.54, 1.807) is 23.2 Å². The van der Waals surface area contributed by atoms with Crippen LogP contribution in [0.5, 0.6) is 0 Å². The fourth-order valence-corrected chi connectivity index (χ4v) is 4.55. The Bertz CT molecular complexity index is 788. The molecule has 1 aromatic heterocycles. The van der Waals surface area contributed by atoms with Crippen LogP contribution in [-0.2, 0) is 16.4 Å². The normalized spacial score (nSPS) is 16.6. The molecule has 0 saturated carbocycles. The van der Waals surface area contributed by atoms with Gasteiger partial charge in [-0.2, -0.15) is 0 Å². The zero-order valence-electron chi connectivity index (χ0n) is 14.1. The lowest BCUT2D eigenvalue weighted by atomic mass is 10.2. The third kappa shape index (κ3) is 4.49. The van der Waals surface area contributed by atoms with E-state index in [1.807, 2.05) is 30.3 Å². The van der Waals surface area contributed by atoms with Crippen molar-refractivity contribution >= 4 is 15.9 Å². The molecule has 2 aromatic rings. The summed E-state index contributed by atoms with van der Waals surface area (Å²) in [5.74, 6) is 0.0234. The maximum absolute atomic E-state index is 12.6. The summed E-state index contributed by atoms with van der Waals surface area (Å²) in [5, 5.41) is 0. The molecule has 1 aliphatic rings. The molecule has 1 aliphatic heterocycles. The zero-order valence-corrected chi connectivity index (χ0v) is 14.9. The van der Waals surface area contributed by atoms with Gasteiger partial charge in [0.2, 0.25) is 10.0 Å². The van der Waals surface area contributed by atoms with E-state index in [0.29, 0.717) is 44.7 Å². The van der Waals surface area contributed by atoms with E-state index in [0.717, 1.165) is 5.56 Å². The van der Waals surface area contributed by atoms with Crippen LogP contribution < -0.4 is 0 Å². The van der Waals surface area contributed by atoms with Gasteiger partial charge >= 0.3 is 0 Å². The highest BCUT2D eigenvalue weighted by Crippen LogP contribution is 2.13. The van der Waals surface area contributed by atoms with Gasteiger partial charge in [0.1, 0.15) is 5.69 Å². The molecule has 0 unspecified atom stereocenters. The Hall–Kier alpha value is -2.12. The highest BCUT2D eigenvalue weighted by atomic mass is 32.2. The van der Waals surface area contributed by atoms with Crippen LogP contribution in [0.15, 0.2) is 48.7 Å². The number of aryl methyl sites for hydroxylation is 1. The number of nitrogens with one attached hydrogen (secondary N) is 1. The van der Waals surface area contributed by atoms with Crippen molar-refractivity contribution in [3.05, 3.63) is 59.9 Å². The summed E-state index contributed by atoms with van der Waals surface area (Å²) >= 11 is 0. The third-order valence-electron chi connectivity index (χ3n) is 4.46. The van der Waals surface area contributed by atoms with Crippen molar-refractivity contribution in [1.29, 1.82) is 0 Å². The first-order chi connectivity index (χ1) is 12.1. The Morgan fingerprint density at radius 1 is 1.00 bits per heavy atom. The molecule has 6 nitrogen and oxygen atoms in total. The summed E-state index contributed by atoms with van der Waals surface area (Å²) in [6.07, 6.45) is 2.87. The number of hydrogen-bond donors (Lipinski definition) is 1. The van der Waals surface area contributed by atoms with Gasteiger partial charge in [-0.25, -0.2) is 12.7 Å². The van der Waals surface area contributed by atoms with Crippen molar-refractivity contribution in [2.24, 2.45) is 0 Å². The number of carbonyl (C=O) groups excluding carboxylic acids is 1. The van der Waals surface area contributed by atoms with Crippen LogP contribution in [0, 0.1) is 0 Å². The number of rotatable bonds is 5. The van der Waals surface area contributed by atoms with Gasteiger partial charge in [0.05, 0.1) is 5.75 Å². The van der Waals surface area contributed by atoms with Gasteiger partial charge < -0.3 is 9.88 Å². The van der Waals surface area contributed by atoms with Gasteiger partial charge in [-0.05, 0) is 30.5 Å². The molecule has 1 saturated heterocycles.